The van der Waals surface area contributed by atoms with Crippen LogP contribution in [0.2, 0.25) is 5.02 Å². The van der Waals surface area contributed by atoms with Gasteiger partial charge in [-0.05, 0) is 51.0 Å². The maximum Gasteiger partial charge on any atom is 0.255 e. The number of nitrogens with zero attached hydrogens (tertiary/aromatic N) is 2. The van der Waals surface area contributed by atoms with Gasteiger partial charge in [0.15, 0.2) is 0 Å². The summed E-state index contributed by atoms with van der Waals surface area (Å²) in [5.41, 5.74) is 0.586. The molecule has 2 saturated heterocycles. The summed E-state index contributed by atoms with van der Waals surface area (Å²) in [6.07, 6.45) is 9.97. The predicted octanol–water partition coefficient (Wildman–Crippen LogP) is 3.73. The van der Waals surface area contributed by atoms with Crippen LogP contribution in [0.4, 0.5) is 5.82 Å². The van der Waals surface area contributed by atoms with E-state index in [4.69, 9.17) is 16.3 Å². The van der Waals surface area contributed by atoms with E-state index in [0.717, 1.165) is 51.8 Å². The molecule has 1 aliphatic carbocycles. The third-order valence-corrected chi connectivity index (χ3v) is 6.12. The van der Waals surface area contributed by atoms with Crippen LogP contribution in [0.3, 0.4) is 0 Å². The number of halogens is 1. The maximum absolute atomic E-state index is 12.6. The van der Waals surface area contributed by atoms with Gasteiger partial charge in [0.1, 0.15) is 5.82 Å². The van der Waals surface area contributed by atoms with Gasteiger partial charge in [0.05, 0.1) is 16.7 Å². The molecule has 1 amide bonds. The Balaban J connectivity index is 1.45. The number of carbonyl (C=O) groups excluding carboxylic acids is 1. The van der Waals surface area contributed by atoms with Crippen LogP contribution in [-0.2, 0) is 4.74 Å². The second-order valence-electron chi connectivity index (χ2n) is 7.45. The van der Waals surface area contributed by atoms with Crippen molar-refractivity contribution >= 4 is 23.3 Å². The van der Waals surface area contributed by atoms with Gasteiger partial charge >= 0.3 is 0 Å². The third-order valence-electron chi connectivity index (χ3n) is 5.83. The lowest BCUT2D eigenvalue weighted by molar-refractivity contribution is 0.0619. The summed E-state index contributed by atoms with van der Waals surface area (Å²) in [4.78, 5) is 19.0. The molecule has 2 aliphatic heterocycles. The lowest BCUT2D eigenvalue weighted by Crippen LogP contribution is -2.38. The number of ether oxygens (including phenoxy) is 1. The molecule has 6 heteroatoms. The zero-order chi connectivity index (χ0) is 17.2. The largest absolute Gasteiger partial charge is 0.378 e. The smallest absolute Gasteiger partial charge is 0.255 e. The van der Waals surface area contributed by atoms with E-state index in [1.807, 2.05) is 4.90 Å². The molecule has 1 saturated carbocycles. The van der Waals surface area contributed by atoms with Crippen LogP contribution >= 0.6 is 11.6 Å². The number of pyridine rings is 1. The van der Waals surface area contributed by atoms with Gasteiger partial charge in [-0.1, -0.05) is 11.6 Å². The fraction of sp³-hybridized carbons (Fsp3) is 0.684. The SMILES string of the molecule is O=C(c1cnc(NC2CCCC3OCCC23)c(Cl)c1)N1CCCCC1. The van der Waals surface area contributed by atoms with Gasteiger partial charge in [0.25, 0.3) is 5.91 Å². The fourth-order valence-corrected chi connectivity index (χ4v) is 4.69. The Morgan fingerprint density at radius 3 is 2.84 bits per heavy atom. The van der Waals surface area contributed by atoms with Gasteiger partial charge < -0.3 is 15.0 Å². The summed E-state index contributed by atoms with van der Waals surface area (Å²) in [5.74, 6) is 1.28. The first-order valence-corrected chi connectivity index (χ1v) is 9.93. The summed E-state index contributed by atoms with van der Waals surface area (Å²) in [5, 5.41) is 4.05. The molecule has 1 aromatic heterocycles. The minimum Gasteiger partial charge on any atom is -0.378 e. The van der Waals surface area contributed by atoms with Crippen LogP contribution in [0.25, 0.3) is 0 Å². The van der Waals surface area contributed by atoms with Crippen LogP contribution in [0, 0.1) is 5.92 Å². The van der Waals surface area contributed by atoms with Gasteiger partial charge in [-0.3, -0.25) is 4.79 Å². The van der Waals surface area contributed by atoms with Crippen molar-refractivity contribution in [2.45, 2.75) is 57.1 Å². The van der Waals surface area contributed by atoms with Crippen molar-refractivity contribution in [3.8, 4) is 0 Å². The van der Waals surface area contributed by atoms with Crippen LogP contribution in [0.5, 0.6) is 0 Å². The first kappa shape index (κ1) is 17.1. The second-order valence-corrected chi connectivity index (χ2v) is 7.86. The quantitative estimate of drug-likeness (QED) is 0.889. The summed E-state index contributed by atoms with van der Waals surface area (Å²) < 4.78 is 5.83. The number of rotatable bonds is 3. The molecular weight excluding hydrogens is 338 g/mol. The van der Waals surface area contributed by atoms with Crippen molar-refractivity contribution in [2.24, 2.45) is 5.92 Å². The monoisotopic (exact) mass is 363 g/mol. The summed E-state index contributed by atoms with van der Waals surface area (Å²) >= 11 is 6.45. The highest BCUT2D eigenvalue weighted by Crippen LogP contribution is 2.36. The van der Waals surface area contributed by atoms with Crippen molar-refractivity contribution < 1.29 is 9.53 Å². The first-order valence-electron chi connectivity index (χ1n) is 9.55. The molecular formula is C19H26ClN3O2. The number of anilines is 1. The van der Waals surface area contributed by atoms with Gasteiger partial charge in [0.2, 0.25) is 0 Å². The van der Waals surface area contributed by atoms with E-state index in [9.17, 15) is 4.79 Å². The normalized spacial score (nSPS) is 29.3. The summed E-state index contributed by atoms with van der Waals surface area (Å²) in [6, 6.07) is 2.12. The standard InChI is InChI=1S/C19H26ClN3O2/c20-15-11-13(19(24)23-8-2-1-3-9-23)12-21-18(15)22-16-5-4-6-17-14(16)7-10-25-17/h11-12,14,16-17H,1-10H2,(H,21,22). The Hall–Kier alpha value is -1.33. The van der Waals surface area contributed by atoms with Gasteiger partial charge in [-0.2, -0.15) is 0 Å². The molecule has 0 bridgehead atoms. The molecule has 3 fully saturated rings. The number of hydrogen-bond acceptors (Lipinski definition) is 4. The zero-order valence-electron chi connectivity index (χ0n) is 14.5. The van der Waals surface area contributed by atoms with Crippen molar-refractivity contribution in [1.29, 1.82) is 0 Å². The number of piperidine rings is 1. The highest BCUT2D eigenvalue weighted by Gasteiger charge is 2.38. The highest BCUT2D eigenvalue weighted by molar-refractivity contribution is 6.33. The molecule has 5 nitrogen and oxygen atoms in total. The number of aromatic nitrogens is 1. The Labute approximate surface area is 154 Å². The number of likely N-dealkylation sites (tertiary alicyclic amines) is 1. The summed E-state index contributed by atoms with van der Waals surface area (Å²) in [7, 11) is 0. The van der Waals surface area contributed by atoms with E-state index < -0.39 is 0 Å². The minimum atomic E-state index is 0.0440. The lowest BCUT2D eigenvalue weighted by Gasteiger charge is -2.33. The molecule has 3 atom stereocenters. The Morgan fingerprint density at radius 1 is 1.20 bits per heavy atom. The maximum atomic E-state index is 12.6. The van der Waals surface area contributed by atoms with E-state index >= 15 is 0 Å². The van der Waals surface area contributed by atoms with Crippen molar-refractivity contribution in [3.63, 3.8) is 0 Å². The van der Waals surface area contributed by atoms with Crippen molar-refractivity contribution in [1.82, 2.24) is 9.88 Å². The Kier molecular flexibility index (Phi) is 5.13. The van der Waals surface area contributed by atoms with E-state index in [0.29, 0.717) is 34.5 Å². The van der Waals surface area contributed by atoms with Crippen LogP contribution < -0.4 is 5.32 Å². The van der Waals surface area contributed by atoms with E-state index in [-0.39, 0.29) is 5.91 Å². The number of carbonyl (C=O) groups is 1. The molecule has 3 unspecified atom stereocenters. The average Bonchev–Trinajstić information content (AvgIpc) is 3.13. The second kappa shape index (κ2) is 7.50. The van der Waals surface area contributed by atoms with Crippen LogP contribution in [0.1, 0.15) is 55.3 Å². The first-order chi connectivity index (χ1) is 12.2. The number of hydrogen-bond donors (Lipinski definition) is 1. The van der Waals surface area contributed by atoms with Gasteiger partial charge in [-0.15, -0.1) is 0 Å². The number of amides is 1. The van der Waals surface area contributed by atoms with Crippen molar-refractivity contribution in [3.05, 3.63) is 22.8 Å². The van der Waals surface area contributed by atoms with E-state index in [1.165, 1.54) is 12.8 Å². The fourth-order valence-electron chi connectivity index (χ4n) is 4.47. The molecule has 3 heterocycles. The highest BCUT2D eigenvalue weighted by atomic mass is 35.5. The third kappa shape index (κ3) is 3.63. The predicted molar refractivity (Wildman–Crippen MR) is 98.1 cm³/mol. The van der Waals surface area contributed by atoms with Crippen LogP contribution in [0.15, 0.2) is 12.3 Å². The molecule has 0 spiro atoms. The van der Waals surface area contributed by atoms with Gasteiger partial charge in [0, 0.05) is 37.9 Å². The molecule has 25 heavy (non-hydrogen) atoms. The topological polar surface area (TPSA) is 54.5 Å². The number of fused-ring (bicyclic) bond motifs is 1. The molecule has 136 valence electrons. The molecule has 0 radical (unpaired) electrons. The Bertz CT molecular complexity index is 633. The molecule has 4 rings (SSSR count). The van der Waals surface area contributed by atoms with Crippen LogP contribution in [-0.4, -0.2) is 47.6 Å². The summed E-state index contributed by atoms with van der Waals surface area (Å²) in [6.45, 7) is 2.53. The molecule has 0 aromatic carbocycles. The average molecular weight is 364 g/mol. The molecule has 3 aliphatic rings. The van der Waals surface area contributed by atoms with E-state index in [1.54, 1.807) is 12.3 Å². The van der Waals surface area contributed by atoms with Crippen molar-refractivity contribution in [2.75, 3.05) is 25.0 Å². The van der Waals surface area contributed by atoms with Gasteiger partial charge in [-0.25, -0.2) is 4.98 Å². The zero-order valence-corrected chi connectivity index (χ0v) is 15.3. The number of nitrogens with one attached hydrogen (secondary N) is 1. The lowest BCUT2D eigenvalue weighted by atomic mass is 9.82. The Morgan fingerprint density at radius 2 is 2.04 bits per heavy atom. The van der Waals surface area contributed by atoms with E-state index in [2.05, 4.69) is 10.3 Å². The molecule has 1 aromatic rings. The minimum absolute atomic E-state index is 0.0440. The molecule has 1 N–H and O–H groups in total.